The molecule has 2 heterocycles. The molecule has 0 spiro atoms. The Hall–Kier alpha value is -1.48. The van der Waals surface area contributed by atoms with E-state index in [2.05, 4.69) is 44.5 Å². The molecular weight excluding hydrogens is 284 g/mol. The topological polar surface area (TPSA) is 96.5 Å². The van der Waals surface area contributed by atoms with Gasteiger partial charge >= 0.3 is 0 Å². The number of rotatable bonds is 6. The number of thioether (sulfide) groups is 1. The number of carbonyl (C=O) groups excluding carboxylic acids is 1. The van der Waals surface area contributed by atoms with Crippen molar-refractivity contribution in [2.75, 3.05) is 11.1 Å². The van der Waals surface area contributed by atoms with Gasteiger partial charge in [-0.2, -0.15) is 0 Å². The van der Waals surface area contributed by atoms with Gasteiger partial charge < -0.3 is 0 Å². The molecule has 0 atom stereocenters. The Kier molecular flexibility index (Phi) is 4.86. The molecule has 19 heavy (non-hydrogen) atoms. The quantitative estimate of drug-likeness (QED) is 0.786. The van der Waals surface area contributed by atoms with Crippen molar-refractivity contribution in [2.24, 2.45) is 5.92 Å². The van der Waals surface area contributed by atoms with Crippen LogP contribution in [0.3, 0.4) is 0 Å². The van der Waals surface area contributed by atoms with E-state index in [0.29, 0.717) is 16.2 Å². The SMILES string of the molecule is CC(C)Cc1nc(SCC(=O)Nc2nncs2)n[nH]1. The number of nitrogens with zero attached hydrogens (tertiary/aromatic N) is 4. The molecule has 2 N–H and O–H groups in total. The third-order valence-corrected chi connectivity index (χ3v) is 3.51. The number of H-pyrrole nitrogens is 1. The predicted octanol–water partition coefficient (Wildman–Crippen LogP) is 1.59. The first kappa shape index (κ1) is 13.9. The highest BCUT2D eigenvalue weighted by Gasteiger charge is 2.09. The van der Waals surface area contributed by atoms with Gasteiger partial charge in [0.1, 0.15) is 11.3 Å². The fourth-order valence-corrected chi connectivity index (χ4v) is 2.41. The Morgan fingerprint density at radius 1 is 1.58 bits per heavy atom. The molecule has 0 bridgehead atoms. The van der Waals surface area contributed by atoms with E-state index in [-0.39, 0.29) is 11.7 Å². The summed E-state index contributed by atoms with van der Waals surface area (Å²) in [5, 5.41) is 18.0. The van der Waals surface area contributed by atoms with Crippen LogP contribution in [0.1, 0.15) is 19.7 Å². The Labute approximate surface area is 118 Å². The van der Waals surface area contributed by atoms with Crippen molar-refractivity contribution in [2.45, 2.75) is 25.4 Å². The van der Waals surface area contributed by atoms with Crippen molar-refractivity contribution in [3.63, 3.8) is 0 Å². The molecule has 0 unspecified atom stereocenters. The average Bonchev–Trinajstić information content (AvgIpc) is 2.97. The predicted molar refractivity (Wildman–Crippen MR) is 74.2 cm³/mol. The fourth-order valence-electron chi connectivity index (χ4n) is 1.33. The zero-order valence-corrected chi connectivity index (χ0v) is 12.2. The number of anilines is 1. The Morgan fingerprint density at radius 3 is 3.11 bits per heavy atom. The van der Waals surface area contributed by atoms with Crippen molar-refractivity contribution < 1.29 is 4.79 Å². The van der Waals surface area contributed by atoms with Crippen LogP contribution in [-0.2, 0) is 11.2 Å². The van der Waals surface area contributed by atoms with Crippen LogP contribution in [-0.4, -0.2) is 37.0 Å². The maximum absolute atomic E-state index is 11.6. The number of hydrogen-bond donors (Lipinski definition) is 2. The van der Waals surface area contributed by atoms with Gasteiger partial charge in [0, 0.05) is 6.42 Å². The second kappa shape index (κ2) is 6.62. The lowest BCUT2D eigenvalue weighted by Crippen LogP contribution is -2.13. The van der Waals surface area contributed by atoms with Gasteiger partial charge in [0.05, 0.1) is 5.75 Å². The molecular formula is C10H14N6OS2. The number of aromatic nitrogens is 5. The summed E-state index contributed by atoms with van der Waals surface area (Å²) in [4.78, 5) is 15.9. The number of hydrogen-bond acceptors (Lipinski definition) is 7. The van der Waals surface area contributed by atoms with Gasteiger partial charge in [-0.1, -0.05) is 36.9 Å². The lowest BCUT2D eigenvalue weighted by molar-refractivity contribution is -0.113. The molecule has 2 rings (SSSR count). The highest BCUT2D eigenvalue weighted by Crippen LogP contribution is 2.15. The maximum Gasteiger partial charge on any atom is 0.236 e. The van der Waals surface area contributed by atoms with Crippen LogP contribution < -0.4 is 5.32 Å². The summed E-state index contributed by atoms with van der Waals surface area (Å²) in [7, 11) is 0. The summed E-state index contributed by atoms with van der Waals surface area (Å²) in [5.41, 5.74) is 1.57. The van der Waals surface area contributed by atoms with Gasteiger partial charge in [0.15, 0.2) is 0 Å². The van der Waals surface area contributed by atoms with E-state index in [9.17, 15) is 4.79 Å². The van der Waals surface area contributed by atoms with Crippen LogP contribution >= 0.6 is 23.1 Å². The van der Waals surface area contributed by atoms with E-state index in [1.165, 1.54) is 23.1 Å². The summed E-state index contributed by atoms with van der Waals surface area (Å²) in [6, 6.07) is 0. The molecule has 0 aromatic carbocycles. The number of aromatic amines is 1. The molecule has 102 valence electrons. The van der Waals surface area contributed by atoms with Crippen molar-refractivity contribution in [1.82, 2.24) is 25.4 Å². The molecule has 0 saturated heterocycles. The minimum absolute atomic E-state index is 0.142. The Morgan fingerprint density at radius 2 is 2.42 bits per heavy atom. The molecule has 2 aromatic rings. The second-order valence-corrected chi connectivity index (χ2v) is 6.02. The third kappa shape index (κ3) is 4.60. The minimum atomic E-state index is -0.142. The van der Waals surface area contributed by atoms with E-state index in [0.717, 1.165) is 12.2 Å². The van der Waals surface area contributed by atoms with Crippen LogP contribution in [0.5, 0.6) is 0 Å². The zero-order valence-electron chi connectivity index (χ0n) is 10.6. The Bertz CT molecular complexity index is 524. The van der Waals surface area contributed by atoms with E-state index in [1.54, 1.807) is 5.51 Å². The average molecular weight is 298 g/mol. The standard InChI is InChI=1S/C10H14N6OS2/c1-6(2)3-7-12-9(16-14-7)18-4-8(17)13-10-15-11-5-19-10/h5-6H,3-4H2,1-2H3,(H,12,14,16)(H,13,15,17). The molecule has 2 aromatic heterocycles. The highest BCUT2D eigenvalue weighted by atomic mass is 32.2. The molecule has 0 aliphatic rings. The number of amides is 1. The van der Waals surface area contributed by atoms with Crippen LogP contribution in [0.2, 0.25) is 0 Å². The van der Waals surface area contributed by atoms with Crippen LogP contribution in [0.4, 0.5) is 5.13 Å². The molecule has 7 nitrogen and oxygen atoms in total. The van der Waals surface area contributed by atoms with Gasteiger partial charge in [-0.05, 0) is 5.92 Å². The molecule has 1 amide bonds. The fraction of sp³-hybridized carbons (Fsp3) is 0.500. The first-order valence-electron chi connectivity index (χ1n) is 5.73. The van der Waals surface area contributed by atoms with E-state index >= 15 is 0 Å². The monoisotopic (exact) mass is 298 g/mol. The van der Waals surface area contributed by atoms with Crippen molar-refractivity contribution in [1.29, 1.82) is 0 Å². The first-order chi connectivity index (χ1) is 9.13. The first-order valence-corrected chi connectivity index (χ1v) is 7.60. The summed E-state index contributed by atoms with van der Waals surface area (Å²) in [6.45, 7) is 4.23. The van der Waals surface area contributed by atoms with Gasteiger partial charge in [-0.3, -0.25) is 15.2 Å². The highest BCUT2D eigenvalue weighted by molar-refractivity contribution is 7.99. The largest absolute Gasteiger partial charge is 0.300 e. The molecule has 0 saturated carbocycles. The zero-order chi connectivity index (χ0) is 13.7. The summed E-state index contributed by atoms with van der Waals surface area (Å²) < 4.78 is 0. The second-order valence-electron chi connectivity index (χ2n) is 4.24. The molecule has 9 heteroatoms. The van der Waals surface area contributed by atoms with E-state index in [1.807, 2.05) is 0 Å². The molecule has 0 aliphatic heterocycles. The van der Waals surface area contributed by atoms with Crippen LogP contribution in [0, 0.1) is 5.92 Å². The van der Waals surface area contributed by atoms with Crippen LogP contribution in [0.25, 0.3) is 0 Å². The normalized spacial score (nSPS) is 10.9. The maximum atomic E-state index is 11.6. The molecule has 0 fully saturated rings. The van der Waals surface area contributed by atoms with Crippen molar-refractivity contribution >= 4 is 34.1 Å². The van der Waals surface area contributed by atoms with Gasteiger partial charge in [0.2, 0.25) is 16.2 Å². The van der Waals surface area contributed by atoms with Gasteiger partial charge in [0.25, 0.3) is 0 Å². The molecule has 0 radical (unpaired) electrons. The molecule has 0 aliphatic carbocycles. The summed E-state index contributed by atoms with van der Waals surface area (Å²) in [5.74, 6) is 1.48. The minimum Gasteiger partial charge on any atom is -0.300 e. The van der Waals surface area contributed by atoms with Crippen molar-refractivity contribution in [3.8, 4) is 0 Å². The Balaban J connectivity index is 1.78. The smallest absolute Gasteiger partial charge is 0.236 e. The van der Waals surface area contributed by atoms with E-state index < -0.39 is 0 Å². The number of nitrogens with one attached hydrogen (secondary N) is 2. The number of carbonyl (C=O) groups is 1. The van der Waals surface area contributed by atoms with Gasteiger partial charge in [-0.25, -0.2) is 4.98 Å². The third-order valence-electron chi connectivity index (χ3n) is 2.05. The van der Waals surface area contributed by atoms with Crippen LogP contribution in [0.15, 0.2) is 10.7 Å². The lowest BCUT2D eigenvalue weighted by atomic mass is 10.1. The summed E-state index contributed by atoms with van der Waals surface area (Å²) >= 11 is 2.57. The van der Waals surface area contributed by atoms with Crippen molar-refractivity contribution in [3.05, 3.63) is 11.3 Å². The van der Waals surface area contributed by atoms with Gasteiger partial charge in [-0.15, -0.1) is 15.3 Å². The lowest BCUT2D eigenvalue weighted by Gasteiger charge is -1.99. The van der Waals surface area contributed by atoms with E-state index in [4.69, 9.17) is 0 Å². The summed E-state index contributed by atoms with van der Waals surface area (Å²) in [6.07, 6.45) is 0.852.